The second kappa shape index (κ2) is 2.81. The van der Waals surface area contributed by atoms with E-state index in [9.17, 15) is 9.50 Å². The number of aryl methyl sites for hydroxylation is 1. The van der Waals surface area contributed by atoms with Gasteiger partial charge in [-0.3, -0.25) is 0 Å². The fraction of sp³-hybridized carbons (Fsp3) is 0.455. The van der Waals surface area contributed by atoms with E-state index in [1.54, 1.807) is 12.1 Å². The number of hydrogen-bond acceptors (Lipinski definition) is 1. The summed E-state index contributed by atoms with van der Waals surface area (Å²) in [5.41, 5.74) is 1.94. The third-order valence-corrected chi connectivity index (χ3v) is 2.93. The molecule has 0 aliphatic heterocycles. The third kappa shape index (κ3) is 1.35. The number of aliphatic hydroxyl groups excluding tert-OH is 1. The van der Waals surface area contributed by atoms with Gasteiger partial charge in [0.15, 0.2) is 0 Å². The molecule has 1 aromatic rings. The maximum Gasteiger partial charge on any atom is 0.123 e. The quantitative estimate of drug-likeness (QED) is 0.739. The molecule has 0 unspecified atom stereocenters. The van der Waals surface area contributed by atoms with Gasteiger partial charge in [0.25, 0.3) is 0 Å². The zero-order chi connectivity index (χ0) is 9.47. The van der Waals surface area contributed by atoms with Crippen molar-refractivity contribution in [3.8, 4) is 0 Å². The molecule has 2 heteroatoms. The molecule has 1 aliphatic carbocycles. The van der Waals surface area contributed by atoms with Crippen molar-refractivity contribution in [3.05, 3.63) is 35.1 Å². The standard InChI is InChI=1S/C11H13FO/c1-8-2-3-9(12)6-10(8)11(7-13)4-5-11/h2-3,6,13H,4-5,7H2,1H3. The SMILES string of the molecule is Cc1ccc(F)cc1C1(CO)CC1. The minimum absolute atomic E-state index is 0.119. The zero-order valence-electron chi connectivity index (χ0n) is 7.68. The van der Waals surface area contributed by atoms with Crippen LogP contribution in [0.15, 0.2) is 18.2 Å². The zero-order valence-corrected chi connectivity index (χ0v) is 7.68. The average molecular weight is 180 g/mol. The molecule has 13 heavy (non-hydrogen) atoms. The highest BCUT2D eigenvalue weighted by Gasteiger charge is 2.44. The second-order valence-electron chi connectivity index (χ2n) is 3.90. The van der Waals surface area contributed by atoms with Crippen molar-refractivity contribution in [2.75, 3.05) is 6.61 Å². The molecule has 1 aliphatic rings. The van der Waals surface area contributed by atoms with Crippen molar-refractivity contribution in [1.29, 1.82) is 0 Å². The first-order chi connectivity index (χ1) is 6.18. The maximum absolute atomic E-state index is 13.0. The summed E-state index contributed by atoms with van der Waals surface area (Å²) in [7, 11) is 0. The van der Waals surface area contributed by atoms with Crippen LogP contribution in [0.25, 0.3) is 0 Å². The monoisotopic (exact) mass is 180 g/mol. The summed E-state index contributed by atoms with van der Waals surface area (Å²) in [5, 5.41) is 9.20. The molecular formula is C11H13FO. The summed E-state index contributed by atoms with van der Waals surface area (Å²) in [6, 6.07) is 4.80. The van der Waals surface area contributed by atoms with Gasteiger partial charge in [-0.2, -0.15) is 0 Å². The minimum atomic E-state index is -0.208. The number of benzene rings is 1. The van der Waals surface area contributed by atoms with Crippen LogP contribution in [0.2, 0.25) is 0 Å². The molecule has 1 N–H and O–H groups in total. The van der Waals surface area contributed by atoms with Crippen LogP contribution in [0.5, 0.6) is 0 Å². The maximum atomic E-state index is 13.0. The lowest BCUT2D eigenvalue weighted by Gasteiger charge is -2.14. The molecular weight excluding hydrogens is 167 g/mol. The Morgan fingerprint density at radius 3 is 2.69 bits per heavy atom. The second-order valence-corrected chi connectivity index (χ2v) is 3.90. The topological polar surface area (TPSA) is 20.2 Å². The molecule has 70 valence electrons. The molecule has 0 bridgehead atoms. The Kier molecular flexibility index (Phi) is 1.88. The Morgan fingerprint density at radius 2 is 2.15 bits per heavy atom. The summed E-state index contributed by atoms with van der Waals surface area (Å²) in [5.74, 6) is -0.208. The van der Waals surface area contributed by atoms with E-state index in [-0.39, 0.29) is 17.8 Å². The van der Waals surface area contributed by atoms with Crippen LogP contribution in [0.1, 0.15) is 24.0 Å². The first-order valence-corrected chi connectivity index (χ1v) is 4.55. The fourth-order valence-electron chi connectivity index (χ4n) is 1.83. The Hall–Kier alpha value is -0.890. The van der Waals surface area contributed by atoms with E-state index in [4.69, 9.17) is 0 Å². The smallest absolute Gasteiger partial charge is 0.123 e. The Bertz CT molecular complexity index is 329. The van der Waals surface area contributed by atoms with E-state index in [0.717, 1.165) is 24.0 Å². The van der Waals surface area contributed by atoms with E-state index >= 15 is 0 Å². The molecule has 1 aromatic carbocycles. The van der Waals surface area contributed by atoms with Gasteiger partial charge in [-0.25, -0.2) is 4.39 Å². The summed E-state index contributed by atoms with van der Waals surface area (Å²) in [4.78, 5) is 0. The first-order valence-electron chi connectivity index (χ1n) is 4.55. The van der Waals surface area contributed by atoms with Crippen LogP contribution in [0.4, 0.5) is 4.39 Å². The molecule has 0 atom stereocenters. The van der Waals surface area contributed by atoms with Gasteiger partial charge in [0.1, 0.15) is 5.82 Å². The lowest BCUT2D eigenvalue weighted by atomic mass is 9.93. The molecule has 0 radical (unpaired) electrons. The van der Waals surface area contributed by atoms with Crippen LogP contribution in [-0.2, 0) is 5.41 Å². The van der Waals surface area contributed by atoms with Crippen LogP contribution in [0.3, 0.4) is 0 Å². The molecule has 1 nitrogen and oxygen atoms in total. The Labute approximate surface area is 77.2 Å². The van der Waals surface area contributed by atoms with Crippen molar-refractivity contribution in [2.45, 2.75) is 25.2 Å². The lowest BCUT2D eigenvalue weighted by molar-refractivity contribution is 0.254. The summed E-state index contributed by atoms with van der Waals surface area (Å²) in [6.45, 7) is 2.10. The van der Waals surface area contributed by atoms with Gasteiger partial charge in [-0.15, -0.1) is 0 Å². The van der Waals surface area contributed by atoms with Crippen molar-refractivity contribution in [3.63, 3.8) is 0 Å². The number of rotatable bonds is 2. The van der Waals surface area contributed by atoms with Crippen LogP contribution in [0, 0.1) is 12.7 Å². The van der Waals surface area contributed by atoms with E-state index in [2.05, 4.69) is 0 Å². The van der Waals surface area contributed by atoms with Gasteiger partial charge in [0, 0.05) is 5.41 Å². The average Bonchev–Trinajstić information content (AvgIpc) is 2.90. The van der Waals surface area contributed by atoms with Crippen LogP contribution in [-0.4, -0.2) is 11.7 Å². The molecule has 0 aromatic heterocycles. The fourth-order valence-corrected chi connectivity index (χ4v) is 1.83. The van der Waals surface area contributed by atoms with Gasteiger partial charge in [-0.05, 0) is 43.0 Å². The lowest BCUT2D eigenvalue weighted by Crippen LogP contribution is -2.13. The van der Waals surface area contributed by atoms with E-state index < -0.39 is 0 Å². The molecule has 1 saturated carbocycles. The number of aliphatic hydroxyl groups is 1. The molecule has 0 heterocycles. The number of halogens is 1. The molecule has 0 saturated heterocycles. The van der Waals surface area contributed by atoms with E-state index in [1.165, 1.54) is 6.07 Å². The largest absolute Gasteiger partial charge is 0.395 e. The van der Waals surface area contributed by atoms with E-state index in [1.807, 2.05) is 6.92 Å². The van der Waals surface area contributed by atoms with Gasteiger partial charge in [0.05, 0.1) is 6.61 Å². The van der Waals surface area contributed by atoms with Crippen molar-refractivity contribution >= 4 is 0 Å². The first kappa shape index (κ1) is 8.70. The van der Waals surface area contributed by atoms with E-state index in [0.29, 0.717) is 0 Å². The third-order valence-electron chi connectivity index (χ3n) is 2.93. The molecule has 2 rings (SSSR count). The number of hydrogen-bond donors (Lipinski definition) is 1. The van der Waals surface area contributed by atoms with Gasteiger partial charge < -0.3 is 5.11 Å². The molecule has 0 spiro atoms. The molecule has 0 amide bonds. The highest BCUT2D eigenvalue weighted by atomic mass is 19.1. The summed E-state index contributed by atoms with van der Waals surface area (Å²) >= 11 is 0. The predicted octanol–water partition coefficient (Wildman–Crippen LogP) is 2.16. The van der Waals surface area contributed by atoms with Crippen molar-refractivity contribution < 1.29 is 9.50 Å². The summed E-state index contributed by atoms with van der Waals surface area (Å²) in [6.07, 6.45) is 1.96. The normalized spacial score (nSPS) is 18.7. The Morgan fingerprint density at radius 1 is 1.46 bits per heavy atom. The van der Waals surface area contributed by atoms with Crippen molar-refractivity contribution in [2.24, 2.45) is 0 Å². The molecule has 1 fully saturated rings. The highest BCUT2D eigenvalue weighted by Crippen LogP contribution is 2.48. The van der Waals surface area contributed by atoms with Crippen molar-refractivity contribution in [1.82, 2.24) is 0 Å². The predicted molar refractivity (Wildman–Crippen MR) is 49.1 cm³/mol. The minimum Gasteiger partial charge on any atom is -0.395 e. The highest BCUT2D eigenvalue weighted by molar-refractivity contribution is 5.38. The summed E-state index contributed by atoms with van der Waals surface area (Å²) < 4.78 is 13.0. The Balaban J connectivity index is 2.44. The van der Waals surface area contributed by atoms with Gasteiger partial charge in [-0.1, -0.05) is 6.07 Å². The van der Waals surface area contributed by atoms with Crippen LogP contribution >= 0.6 is 0 Å². The van der Waals surface area contributed by atoms with Gasteiger partial charge in [0.2, 0.25) is 0 Å². The van der Waals surface area contributed by atoms with Crippen LogP contribution < -0.4 is 0 Å². The van der Waals surface area contributed by atoms with Gasteiger partial charge >= 0.3 is 0 Å².